The normalized spacial score (nSPS) is 18.5. The fourth-order valence-corrected chi connectivity index (χ4v) is 2.83. The minimum atomic E-state index is 0.0791. The number of hydrogen-bond donors (Lipinski definition) is 0. The van der Waals surface area contributed by atoms with E-state index in [1.54, 1.807) is 30.4 Å². The molecule has 0 atom stereocenters. The number of carbonyl (C=O) groups excluding carboxylic acids is 1. The number of amides is 1. The smallest absolute Gasteiger partial charge is 0.246 e. The lowest BCUT2D eigenvalue weighted by Crippen LogP contribution is -2.33. The molecule has 1 aromatic rings. The first-order chi connectivity index (χ1) is 9.65. The first-order valence-corrected chi connectivity index (χ1v) is 7.83. The standard InChI is InChI=1S/C16H17Cl2NO/c17-14-2-1-3-15(18)13(14)8-9-16(20)19(12-6-7-12)10-11-4-5-11/h1-3,8-9,11-12H,4-7,10H2/b9-8+. The summed E-state index contributed by atoms with van der Waals surface area (Å²) in [6.45, 7) is 0.907. The van der Waals surface area contributed by atoms with Crippen molar-refractivity contribution in [2.75, 3.05) is 6.54 Å². The Bertz CT molecular complexity index is 527. The number of nitrogens with zero attached hydrogens (tertiary/aromatic N) is 1. The number of benzene rings is 1. The quantitative estimate of drug-likeness (QED) is 0.738. The van der Waals surface area contributed by atoms with Crippen molar-refractivity contribution in [3.05, 3.63) is 39.9 Å². The topological polar surface area (TPSA) is 20.3 Å². The van der Waals surface area contributed by atoms with Crippen molar-refractivity contribution in [1.82, 2.24) is 4.90 Å². The van der Waals surface area contributed by atoms with E-state index in [4.69, 9.17) is 23.2 Å². The average Bonchev–Trinajstić information content (AvgIpc) is 3.26. The van der Waals surface area contributed by atoms with Gasteiger partial charge in [0.25, 0.3) is 0 Å². The monoisotopic (exact) mass is 309 g/mol. The highest BCUT2D eigenvalue weighted by atomic mass is 35.5. The summed E-state index contributed by atoms with van der Waals surface area (Å²) in [4.78, 5) is 14.3. The average molecular weight is 310 g/mol. The molecule has 0 unspecified atom stereocenters. The van der Waals surface area contributed by atoms with E-state index in [0.29, 0.717) is 21.7 Å². The SMILES string of the molecule is O=C(/C=C/c1c(Cl)cccc1Cl)N(CC1CC1)C1CC1. The molecule has 2 saturated carbocycles. The van der Waals surface area contributed by atoms with Crippen molar-refractivity contribution in [2.45, 2.75) is 31.7 Å². The molecule has 2 aliphatic rings. The predicted molar refractivity (Wildman–Crippen MR) is 83.0 cm³/mol. The minimum absolute atomic E-state index is 0.0791. The summed E-state index contributed by atoms with van der Waals surface area (Å²) in [5, 5.41) is 1.14. The largest absolute Gasteiger partial charge is 0.336 e. The molecule has 1 amide bonds. The van der Waals surface area contributed by atoms with Crippen LogP contribution >= 0.6 is 23.2 Å². The zero-order valence-electron chi connectivity index (χ0n) is 11.2. The zero-order chi connectivity index (χ0) is 14.1. The molecule has 0 radical (unpaired) electrons. The van der Waals surface area contributed by atoms with Gasteiger partial charge in [-0.1, -0.05) is 29.3 Å². The van der Waals surface area contributed by atoms with E-state index in [9.17, 15) is 4.79 Å². The van der Waals surface area contributed by atoms with Crippen molar-refractivity contribution < 1.29 is 4.79 Å². The summed E-state index contributed by atoms with van der Waals surface area (Å²) < 4.78 is 0. The van der Waals surface area contributed by atoms with Crippen molar-refractivity contribution in [3.63, 3.8) is 0 Å². The second-order valence-corrected chi connectivity index (χ2v) is 6.45. The van der Waals surface area contributed by atoms with Gasteiger partial charge >= 0.3 is 0 Å². The molecule has 0 aliphatic heterocycles. The maximum Gasteiger partial charge on any atom is 0.246 e. The molecular weight excluding hydrogens is 293 g/mol. The molecule has 1 aromatic carbocycles. The third-order valence-electron chi connectivity index (χ3n) is 3.81. The van der Waals surface area contributed by atoms with Gasteiger partial charge in [0, 0.05) is 34.3 Å². The summed E-state index contributed by atoms with van der Waals surface area (Å²) in [5.41, 5.74) is 0.714. The van der Waals surface area contributed by atoms with Crippen LogP contribution in [-0.2, 0) is 4.79 Å². The molecule has 0 spiro atoms. The maximum absolute atomic E-state index is 12.3. The molecule has 0 bridgehead atoms. The van der Waals surface area contributed by atoms with Crippen molar-refractivity contribution in [1.29, 1.82) is 0 Å². The van der Waals surface area contributed by atoms with Crippen LogP contribution in [0, 0.1) is 5.92 Å². The molecule has 106 valence electrons. The Hall–Kier alpha value is -0.990. The number of hydrogen-bond acceptors (Lipinski definition) is 1. The molecule has 0 saturated heterocycles. The number of carbonyl (C=O) groups is 1. The van der Waals surface area contributed by atoms with E-state index in [0.717, 1.165) is 25.3 Å². The summed E-state index contributed by atoms with van der Waals surface area (Å²) in [7, 11) is 0. The Morgan fingerprint density at radius 3 is 2.40 bits per heavy atom. The molecule has 0 heterocycles. The van der Waals surface area contributed by atoms with Crippen LogP contribution in [0.25, 0.3) is 6.08 Å². The maximum atomic E-state index is 12.3. The molecule has 2 fully saturated rings. The summed E-state index contributed by atoms with van der Waals surface area (Å²) in [5.74, 6) is 0.798. The minimum Gasteiger partial charge on any atom is -0.336 e. The van der Waals surface area contributed by atoms with Gasteiger partial charge in [-0.2, -0.15) is 0 Å². The van der Waals surface area contributed by atoms with Crippen LogP contribution in [0.5, 0.6) is 0 Å². The Morgan fingerprint density at radius 1 is 1.20 bits per heavy atom. The van der Waals surface area contributed by atoms with E-state index in [2.05, 4.69) is 0 Å². The van der Waals surface area contributed by atoms with Crippen molar-refractivity contribution in [3.8, 4) is 0 Å². The highest BCUT2D eigenvalue weighted by Gasteiger charge is 2.35. The first kappa shape index (κ1) is 14.0. The first-order valence-electron chi connectivity index (χ1n) is 7.08. The number of rotatable bonds is 5. The van der Waals surface area contributed by atoms with Gasteiger partial charge in [-0.05, 0) is 49.8 Å². The van der Waals surface area contributed by atoms with Crippen LogP contribution < -0.4 is 0 Å². The van der Waals surface area contributed by atoms with E-state index in [-0.39, 0.29) is 5.91 Å². The molecule has 3 rings (SSSR count). The van der Waals surface area contributed by atoms with Crippen LogP contribution in [0.2, 0.25) is 10.0 Å². The second-order valence-electron chi connectivity index (χ2n) is 5.63. The van der Waals surface area contributed by atoms with Gasteiger partial charge in [0.15, 0.2) is 0 Å². The van der Waals surface area contributed by atoms with Crippen LogP contribution in [0.15, 0.2) is 24.3 Å². The zero-order valence-corrected chi connectivity index (χ0v) is 12.7. The lowest BCUT2D eigenvalue weighted by atomic mass is 10.2. The van der Waals surface area contributed by atoms with E-state index in [1.165, 1.54) is 12.8 Å². The van der Waals surface area contributed by atoms with Gasteiger partial charge in [0.1, 0.15) is 0 Å². The van der Waals surface area contributed by atoms with Crippen molar-refractivity contribution >= 4 is 35.2 Å². The van der Waals surface area contributed by atoms with Gasteiger partial charge in [-0.25, -0.2) is 0 Å². The van der Waals surface area contributed by atoms with Gasteiger partial charge in [-0.3, -0.25) is 4.79 Å². The summed E-state index contributed by atoms with van der Waals surface area (Å²) >= 11 is 12.2. The third-order valence-corrected chi connectivity index (χ3v) is 4.47. The van der Waals surface area contributed by atoms with Crippen molar-refractivity contribution in [2.24, 2.45) is 5.92 Å². The third kappa shape index (κ3) is 3.36. The highest BCUT2D eigenvalue weighted by Crippen LogP contribution is 2.35. The van der Waals surface area contributed by atoms with Crippen LogP contribution in [-0.4, -0.2) is 23.4 Å². The van der Waals surface area contributed by atoms with E-state index < -0.39 is 0 Å². The summed E-state index contributed by atoms with van der Waals surface area (Å²) in [6.07, 6.45) is 8.13. The second kappa shape index (κ2) is 5.79. The van der Waals surface area contributed by atoms with Crippen LogP contribution in [0.4, 0.5) is 0 Å². The van der Waals surface area contributed by atoms with Gasteiger partial charge in [0.2, 0.25) is 5.91 Å². The lowest BCUT2D eigenvalue weighted by Gasteiger charge is -2.20. The fourth-order valence-electron chi connectivity index (χ4n) is 2.30. The Kier molecular flexibility index (Phi) is 4.04. The van der Waals surface area contributed by atoms with E-state index in [1.807, 2.05) is 4.90 Å². The van der Waals surface area contributed by atoms with Gasteiger partial charge in [-0.15, -0.1) is 0 Å². The Balaban J connectivity index is 1.71. The highest BCUT2D eigenvalue weighted by molar-refractivity contribution is 6.37. The predicted octanol–water partition coefficient (Wildman–Crippen LogP) is 4.41. The molecule has 20 heavy (non-hydrogen) atoms. The fraction of sp³-hybridized carbons (Fsp3) is 0.438. The molecule has 2 aliphatic carbocycles. The molecule has 0 N–H and O–H groups in total. The molecule has 2 nitrogen and oxygen atoms in total. The molecule has 4 heteroatoms. The van der Waals surface area contributed by atoms with Gasteiger partial charge < -0.3 is 4.90 Å². The van der Waals surface area contributed by atoms with Crippen LogP contribution in [0.1, 0.15) is 31.2 Å². The van der Waals surface area contributed by atoms with Gasteiger partial charge in [0.05, 0.1) is 0 Å². The summed E-state index contributed by atoms with van der Waals surface area (Å²) in [6, 6.07) is 5.81. The Labute approximate surface area is 129 Å². The molecule has 0 aromatic heterocycles. The van der Waals surface area contributed by atoms with E-state index >= 15 is 0 Å². The molecular formula is C16H17Cl2NO. The lowest BCUT2D eigenvalue weighted by molar-refractivity contribution is -0.126. The van der Waals surface area contributed by atoms with Crippen LogP contribution in [0.3, 0.4) is 0 Å². The number of halogens is 2. The Morgan fingerprint density at radius 2 is 1.85 bits per heavy atom.